The SMILES string of the molecule is CCc1nc(Br)cc(N2CCN3CCCC3C2)n1. The molecule has 3 heterocycles. The summed E-state index contributed by atoms with van der Waals surface area (Å²) in [5.41, 5.74) is 0. The number of hydrogen-bond donors (Lipinski definition) is 0. The second-order valence-electron chi connectivity index (χ2n) is 5.10. The third kappa shape index (κ3) is 2.38. The van der Waals surface area contributed by atoms with Crippen LogP contribution in [0.2, 0.25) is 0 Å². The summed E-state index contributed by atoms with van der Waals surface area (Å²) < 4.78 is 0.901. The molecule has 0 bridgehead atoms. The fourth-order valence-corrected chi connectivity index (χ4v) is 3.38. The van der Waals surface area contributed by atoms with Crippen LogP contribution in [0, 0.1) is 0 Å². The Morgan fingerprint density at radius 1 is 1.33 bits per heavy atom. The van der Waals surface area contributed by atoms with Crippen LogP contribution < -0.4 is 4.90 Å². The summed E-state index contributed by atoms with van der Waals surface area (Å²) in [5, 5.41) is 0. The van der Waals surface area contributed by atoms with Crippen molar-refractivity contribution in [1.82, 2.24) is 14.9 Å². The van der Waals surface area contributed by atoms with E-state index in [9.17, 15) is 0 Å². The van der Waals surface area contributed by atoms with Gasteiger partial charge >= 0.3 is 0 Å². The largest absolute Gasteiger partial charge is 0.354 e. The van der Waals surface area contributed by atoms with E-state index in [0.717, 1.165) is 41.8 Å². The van der Waals surface area contributed by atoms with Crippen LogP contribution in [0.3, 0.4) is 0 Å². The normalized spacial score (nSPS) is 24.3. The number of piperazine rings is 1. The van der Waals surface area contributed by atoms with Crippen LogP contribution in [0.4, 0.5) is 5.82 Å². The molecule has 4 nitrogen and oxygen atoms in total. The number of halogens is 1. The molecule has 2 saturated heterocycles. The van der Waals surface area contributed by atoms with Gasteiger partial charge in [0.15, 0.2) is 0 Å². The molecule has 0 aliphatic carbocycles. The lowest BCUT2D eigenvalue weighted by Gasteiger charge is -2.38. The molecule has 18 heavy (non-hydrogen) atoms. The summed E-state index contributed by atoms with van der Waals surface area (Å²) >= 11 is 3.49. The van der Waals surface area contributed by atoms with Gasteiger partial charge in [-0.25, -0.2) is 9.97 Å². The van der Waals surface area contributed by atoms with Gasteiger partial charge in [0, 0.05) is 38.2 Å². The van der Waals surface area contributed by atoms with E-state index in [2.05, 4.69) is 42.6 Å². The maximum atomic E-state index is 4.66. The lowest BCUT2D eigenvalue weighted by Crippen LogP contribution is -2.50. The molecule has 0 spiro atoms. The van der Waals surface area contributed by atoms with Crippen LogP contribution in [0.5, 0.6) is 0 Å². The first-order valence-electron chi connectivity index (χ1n) is 6.78. The lowest BCUT2D eigenvalue weighted by atomic mass is 10.1. The second-order valence-corrected chi connectivity index (χ2v) is 5.91. The van der Waals surface area contributed by atoms with Crippen molar-refractivity contribution in [2.75, 3.05) is 31.1 Å². The first kappa shape index (κ1) is 12.4. The summed E-state index contributed by atoms with van der Waals surface area (Å²) in [7, 11) is 0. The standard InChI is InChI=1S/C13H19BrN4/c1-2-12-15-11(14)8-13(16-12)18-7-6-17-5-3-4-10(17)9-18/h8,10H,2-7,9H2,1H3. The first-order valence-corrected chi connectivity index (χ1v) is 7.58. The minimum absolute atomic E-state index is 0.734. The highest BCUT2D eigenvalue weighted by molar-refractivity contribution is 9.10. The van der Waals surface area contributed by atoms with E-state index < -0.39 is 0 Å². The number of aromatic nitrogens is 2. The van der Waals surface area contributed by atoms with Crippen LogP contribution in [0.15, 0.2) is 10.7 Å². The molecule has 0 aromatic carbocycles. The predicted molar refractivity (Wildman–Crippen MR) is 75.9 cm³/mol. The smallest absolute Gasteiger partial charge is 0.133 e. The molecule has 2 aliphatic rings. The summed E-state index contributed by atoms with van der Waals surface area (Å²) in [5.74, 6) is 2.01. The van der Waals surface area contributed by atoms with Crippen molar-refractivity contribution in [3.8, 4) is 0 Å². The molecular weight excluding hydrogens is 292 g/mol. The molecule has 2 fully saturated rings. The van der Waals surface area contributed by atoms with Crippen LogP contribution in [-0.4, -0.2) is 47.1 Å². The maximum absolute atomic E-state index is 4.66. The quantitative estimate of drug-likeness (QED) is 0.783. The molecule has 0 amide bonds. The number of rotatable bonds is 2. The Balaban J connectivity index is 1.80. The van der Waals surface area contributed by atoms with Gasteiger partial charge in [0.2, 0.25) is 0 Å². The van der Waals surface area contributed by atoms with Crippen molar-refractivity contribution in [3.63, 3.8) is 0 Å². The van der Waals surface area contributed by atoms with E-state index in [1.165, 1.54) is 25.9 Å². The summed E-state index contributed by atoms with van der Waals surface area (Å²) in [6, 6.07) is 2.78. The lowest BCUT2D eigenvalue weighted by molar-refractivity contribution is 0.230. The molecule has 98 valence electrons. The summed E-state index contributed by atoms with van der Waals surface area (Å²) in [4.78, 5) is 14.1. The number of nitrogens with zero attached hydrogens (tertiary/aromatic N) is 4. The van der Waals surface area contributed by atoms with E-state index in [0.29, 0.717) is 0 Å². The molecule has 0 radical (unpaired) electrons. The predicted octanol–water partition coefficient (Wildman–Crippen LogP) is 2.09. The number of fused-ring (bicyclic) bond motifs is 1. The molecule has 1 unspecified atom stereocenters. The Labute approximate surface area is 117 Å². The molecule has 1 aromatic rings. The second kappa shape index (κ2) is 5.13. The highest BCUT2D eigenvalue weighted by atomic mass is 79.9. The third-order valence-corrected chi connectivity index (χ3v) is 4.36. The van der Waals surface area contributed by atoms with Crippen LogP contribution in [0.1, 0.15) is 25.6 Å². The number of anilines is 1. The molecule has 3 rings (SSSR count). The molecule has 2 aliphatic heterocycles. The van der Waals surface area contributed by atoms with Gasteiger partial charge in [-0.2, -0.15) is 0 Å². The molecular formula is C13H19BrN4. The highest BCUT2D eigenvalue weighted by Crippen LogP contribution is 2.25. The Morgan fingerprint density at radius 3 is 3.06 bits per heavy atom. The molecule has 0 saturated carbocycles. The molecule has 1 aromatic heterocycles. The van der Waals surface area contributed by atoms with Crippen molar-refractivity contribution >= 4 is 21.7 Å². The average molecular weight is 311 g/mol. The van der Waals surface area contributed by atoms with Crippen molar-refractivity contribution in [1.29, 1.82) is 0 Å². The van der Waals surface area contributed by atoms with Gasteiger partial charge in [0.1, 0.15) is 16.2 Å². The minimum Gasteiger partial charge on any atom is -0.354 e. The molecule has 5 heteroatoms. The fourth-order valence-electron chi connectivity index (χ4n) is 2.97. The Hall–Kier alpha value is -0.680. The van der Waals surface area contributed by atoms with Gasteiger partial charge in [-0.1, -0.05) is 6.92 Å². The van der Waals surface area contributed by atoms with Crippen LogP contribution in [0.25, 0.3) is 0 Å². The monoisotopic (exact) mass is 310 g/mol. The number of hydrogen-bond acceptors (Lipinski definition) is 4. The Bertz CT molecular complexity index is 437. The van der Waals surface area contributed by atoms with Crippen molar-refractivity contribution in [2.24, 2.45) is 0 Å². The van der Waals surface area contributed by atoms with Crippen LogP contribution in [-0.2, 0) is 6.42 Å². The number of aryl methyl sites for hydroxylation is 1. The zero-order chi connectivity index (χ0) is 12.5. The Kier molecular flexibility index (Phi) is 3.52. The third-order valence-electron chi connectivity index (χ3n) is 3.96. The Morgan fingerprint density at radius 2 is 2.22 bits per heavy atom. The van der Waals surface area contributed by atoms with Gasteiger partial charge < -0.3 is 4.90 Å². The van der Waals surface area contributed by atoms with E-state index in [1.807, 2.05) is 6.07 Å². The topological polar surface area (TPSA) is 32.3 Å². The fraction of sp³-hybridized carbons (Fsp3) is 0.692. The first-order chi connectivity index (χ1) is 8.76. The summed E-state index contributed by atoms with van der Waals surface area (Å²) in [6.07, 6.45) is 3.57. The minimum atomic E-state index is 0.734. The zero-order valence-electron chi connectivity index (χ0n) is 10.8. The van der Waals surface area contributed by atoms with Gasteiger partial charge in [-0.3, -0.25) is 4.90 Å². The van der Waals surface area contributed by atoms with Crippen LogP contribution >= 0.6 is 15.9 Å². The van der Waals surface area contributed by atoms with E-state index in [4.69, 9.17) is 0 Å². The zero-order valence-corrected chi connectivity index (χ0v) is 12.4. The highest BCUT2D eigenvalue weighted by Gasteiger charge is 2.31. The van der Waals surface area contributed by atoms with E-state index >= 15 is 0 Å². The van der Waals surface area contributed by atoms with Crippen molar-refractivity contribution in [2.45, 2.75) is 32.2 Å². The van der Waals surface area contributed by atoms with Gasteiger partial charge in [0.05, 0.1) is 0 Å². The van der Waals surface area contributed by atoms with Gasteiger partial charge in [-0.15, -0.1) is 0 Å². The van der Waals surface area contributed by atoms with Crippen molar-refractivity contribution < 1.29 is 0 Å². The molecule has 1 atom stereocenters. The average Bonchev–Trinajstić information content (AvgIpc) is 2.85. The molecule has 0 N–H and O–H groups in total. The maximum Gasteiger partial charge on any atom is 0.133 e. The van der Waals surface area contributed by atoms with Gasteiger partial charge in [0.25, 0.3) is 0 Å². The van der Waals surface area contributed by atoms with E-state index in [1.54, 1.807) is 0 Å². The van der Waals surface area contributed by atoms with E-state index in [-0.39, 0.29) is 0 Å². The van der Waals surface area contributed by atoms with Crippen molar-refractivity contribution in [3.05, 3.63) is 16.5 Å². The summed E-state index contributed by atoms with van der Waals surface area (Å²) in [6.45, 7) is 6.76. The van der Waals surface area contributed by atoms with Gasteiger partial charge in [-0.05, 0) is 35.3 Å².